The molecule has 0 aliphatic carbocycles. The van der Waals surface area contributed by atoms with Crippen molar-refractivity contribution in [2.45, 2.75) is 59.5 Å². The molecule has 23 heavy (non-hydrogen) atoms. The average Bonchev–Trinajstić information content (AvgIpc) is 2.82. The molecule has 0 spiro atoms. The van der Waals surface area contributed by atoms with E-state index in [2.05, 4.69) is 18.4 Å². The molecule has 128 valence electrons. The Balaban J connectivity index is 2.30. The number of aryl methyl sites for hydroxylation is 1. The first kappa shape index (κ1) is 17.6. The monoisotopic (exact) mass is 319 g/mol. The maximum absolute atomic E-state index is 13.1. The van der Waals surface area contributed by atoms with Gasteiger partial charge in [0.1, 0.15) is 6.04 Å². The van der Waals surface area contributed by atoms with Crippen LogP contribution in [0, 0.1) is 13.8 Å². The summed E-state index contributed by atoms with van der Waals surface area (Å²) in [5.74, 6) is 0.0719. The molecule has 1 saturated heterocycles. The molecule has 1 fully saturated rings. The van der Waals surface area contributed by atoms with Gasteiger partial charge in [0.25, 0.3) is 5.91 Å². The third kappa shape index (κ3) is 3.28. The second-order valence-corrected chi connectivity index (χ2v) is 6.45. The van der Waals surface area contributed by atoms with Gasteiger partial charge < -0.3 is 14.4 Å². The van der Waals surface area contributed by atoms with Crippen LogP contribution < -0.4 is 0 Å². The van der Waals surface area contributed by atoms with E-state index in [1.54, 1.807) is 9.80 Å². The molecule has 0 aromatic carbocycles. The van der Waals surface area contributed by atoms with Crippen molar-refractivity contribution in [3.8, 4) is 0 Å². The van der Waals surface area contributed by atoms with Crippen LogP contribution in [0.4, 0.5) is 0 Å². The van der Waals surface area contributed by atoms with E-state index in [9.17, 15) is 9.59 Å². The summed E-state index contributed by atoms with van der Waals surface area (Å²) in [6.07, 6.45) is 2.74. The molecule has 1 aromatic heterocycles. The predicted octanol–water partition coefficient (Wildman–Crippen LogP) is 2.60. The maximum atomic E-state index is 13.1. The molecule has 1 aromatic rings. The Labute approximate surface area is 139 Å². The van der Waals surface area contributed by atoms with Crippen LogP contribution in [0.5, 0.6) is 0 Å². The number of piperazine rings is 1. The van der Waals surface area contributed by atoms with Crippen LogP contribution in [0.1, 0.15) is 54.9 Å². The number of carbonyl (C=O) groups is 2. The molecule has 5 nitrogen and oxygen atoms in total. The van der Waals surface area contributed by atoms with Crippen LogP contribution in [0.25, 0.3) is 0 Å². The molecule has 1 aliphatic rings. The smallest absolute Gasteiger partial charge is 0.256 e. The minimum absolute atomic E-state index is 0.000327. The fraction of sp³-hybridized carbons (Fsp3) is 0.667. The highest BCUT2D eigenvalue weighted by Crippen LogP contribution is 2.22. The quantitative estimate of drug-likeness (QED) is 0.837. The Morgan fingerprint density at radius 3 is 2.52 bits per heavy atom. The summed E-state index contributed by atoms with van der Waals surface area (Å²) in [5, 5.41) is 0. The molecule has 0 bridgehead atoms. The number of aromatic nitrogens is 1. The normalized spacial score (nSPS) is 18.7. The third-order valence-corrected chi connectivity index (χ3v) is 4.93. The molecule has 1 aliphatic heterocycles. The number of nitrogens with zero attached hydrogens (tertiary/aromatic N) is 3. The lowest BCUT2D eigenvalue weighted by Gasteiger charge is -2.39. The van der Waals surface area contributed by atoms with E-state index in [-0.39, 0.29) is 17.9 Å². The van der Waals surface area contributed by atoms with E-state index in [1.807, 2.05) is 27.0 Å². The van der Waals surface area contributed by atoms with Crippen molar-refractivity contribution >= 4 is 11.8 Å². The fourth-order valence-corrected chi connectivity index (χ4v) is 3.49. The largest absolute Gasteiger partial charge is 0.349 e. The van der Waals surface area contributed by atoms with Gasteiger partial charge in [-0.3, -0.25) is 9.59 Å². The standard InChI is InChI=1S/C18H29N3O2/c1-6-8-9-16-18(23)19(5)10-11-21(16)17(22)15-12-13(3)20(7-2)14(15)4/h12,16H,6-11H2,1-5H3/t16-/m1/s1. The Hall–Kier alpha value is -1.78. The molecular formula is C18H29N3O2. The van der Waals surface area contributed by atoms with Gasteiger partial charge in [-0.05, 0) is 33.3 Å². The van der Waals surface area contributed by atoms with Crippen LogP contribution in [-0.4, -0.2) is 52.4 Å². The highest BCUT2D eigenvalue weighted by molar-refractivity contribution is 5.99. The second-order valence-electron chi connectivity index (χ2n) is 6.45. The summed E-state index contributed by atoms with van der Waals surface area (Å²) in [7, 11) is 1.83. The number of amides is 2. The zero-order valence-corrected chi connectivity index (χ0v) is 15.1. The molecule has 0 saturated carbocycles. The Kier molecular flexibility index (Phi) is 5.50. The van der Waals surface area contributed by atoms with E-state index < -0.39 is 0 Å². The Bertz CT molecular complexity index is 591. The topological polar surface area (TPSA) is 45.6 Å². The van der Waals surface area contributed by atoms with Gasteiger partial charge in [-0.1, -0.05) is 19.8 Å². The number of hydrogen-bond donors (Lipinski definition) is 0. The fourth-order valence-electron chi connectivity index (χ4n) is 3.49. The van der Waals surface area contributed by atoms with Gasteiger partial charge in [0.15, 0.2) is 0 Å². The maximum Gasteiger partial charge on any atom is 0.256 e. The minimum atomic E-state index is -0.314. The van der Waals surface area contributed by atoms with Gasteiger partial charge in [-0.15, -0.1) is 0 Å². The van der Waals surface area contributed by atoms with Crippen LogP contribution in [0.2, 0.25) is 0 Å². The number of hydrogen-bond acceptors (Lipinski definition) is 2. The molecule has 0 radical (unpaired) electrons. The van der Waals surface area contributed by atoms with Crippen LogP contribution in [0.15, 0.2) is 6.07 Å². The average molecular weight is 319 g/mol. The minimum Gasteiger partial charge on any atom is -0.349 e. The van der Waals surface area contributed by atoms with Gasteiger partial charge in [0, 0.05) is 38.1 Å². The number of rotatable bonds is 5. The van der Waals surface area contributed by atoms with Gasteiger partial charge in [-0.2, -0.15) is 0 Å². The lowest BCUT2D eigenvalue weighted by atomic mass is 10.0. The lowest BCUT2D eigenvalue weighted by Crippen LogP contribution is -2.57. The van der Waals surface area contributed by atoms with Gasteiger partial charge in [0.05, 0.1) is 5.56 Å². The van der Waals surface area contributed by atoms with E-state index in [0.29, 0.717) is 13.1 Å². The summed E-state index contributed by atoms with van der Waals surface area (Å²) >= 11 is 0. The highest BCUT2D eigenvalue weighted by atomic mass is 16.2. The second kappa shape index (κ2) is 7.20. The SMILES string of the molecule is CCCC[C@@H]1C(=O)N(C)CCN1C(=O)c1cc(C)n(CC)c1C. The van der Waals surface area contributed by atoms with Gasteiger partial charge in [0.2, 0.25) is 5.91 Å². The van der Waals surface area contributed by atoms with E-state index in [4.69, 9.17) is 0 Å². The van der Waals surface area contributed by atoms with Crippen molar-refractivity contribution in [1.82, 2.24) is 14.4 Å². The molecular weight excluding hydrogens is 290 g/mol. The summed E-state index contributed by atoms with van der Waals surface area (Å²) in [6, 6.07) is 1.65. The molecule has 1 atom stereocenters. The Morgan fingerprint density at radius 1 is 1.26 bits per heavy atom. The van der Waals surface area contributed by atoms with E-state index in [1.165, 1.54) is 0 Å². The van der Waals surface area contributed by atoms with Crippen molar-refractivity contribution in [2.24, 2.45) is 0 Å². The molecule has 0 unspecified atom stereocenters. The molecule has 2 rings (SSSR count). The van der Waals surface area contributed by atoms with Gasteiger partial charge >= 0.3 is 0 Å². The first-order valence-electron chi connectivity index (χ1n) is 8.65. The molecule has 0 N–H and O–H groups in total. The van der Waals surface area contributed by atoms with Crippen LogP contribution in [-0.2, 0) is 11.3 Å². The van der Waals surface area contributed by atoms with Crippen molar-refractivity contribution < 1.29 is 9.59 Å². The first-order chi connectivity index (χ1) is 10.9. The summed E-state index contributed by atoms with van der Waals surface area (Å²) in [4.78, 5) is 29.1. The number of unbranched alkanes of at least 4 members (excludes halogenated alkanes) is 1. The zero-order valence-electron chi connectivity index (χ0n) is 15.1. The van der Waals surface area contributed by atoms with Crippen molar-refractivity contribution in [3.63, 3.8) is 0 Å². The summed E-state index contributed by atoms with van der Waals surface area (Å²) < 4.78 is 2.15. The Morgan fingerprint density at radius 2 is 1.96 bits per heavy atom. The van der Waals surface area contributed by atoms with Gasteiger partial charge in [-0.25, -0.2) is 0 Å². The summed E-state index contributed by atoms with van der Waals surface area (Å²) in [6.45, 7) is 10.3. The predicted molar refractivity (Wildman–Crippen MR) is 91.6 cm³/mol. The summed E-state index contributed by atoms with van der Waals surface area (Å²) in [5.41, 5.74) is 2.83. The molecule has 2 amide bonds. The van der Waals surface area contributed by atoms with Crippen LogP contribution >= 0.6 is 0 Å². The van der Waals surface area contributed by atoms with Crippen molar-refractivity contribution in [3.05, 3.63) is 23.0 Å². The third-order valence-electron chi connectivity index (χ3n) is 4.93. The number of likely N-dealkylation sites (N-methyl/N-ethyl adjacent to an activating group) is 1. The van der Waals surface area contributed by atoms with Crippen molar-refractivity contribution in [2.75, 3.05) is 20.1 Å². The van der Waals surface area contributed by atoms with Crippen LogP contribution in [0.3, 0.4) is 0 Å². The molecule has 5 heteroatoms. The van der Waals surface area contributed by atoms with Crippen molar-refractivity contribution in [1.29, 1.82) is 0 Å². The zero-order chi connectivity index (χ0) is 17.1. The number of carbonyl (C=O) groups excluding carboxylic acids is 2. The first-order valence-corrected chi connectivity index (χ1v) is 8.65. The lowest BCUT2D eigenvalue weighted by molar-refractivity contribution is -0.138. The molecule has 2 heterocycles. The van der Waals surface area contributed by atoms with E-state index >= 15 is 0 Å². The van der Waals surface area contributed by atoms with E-state index in [0.717, 1.165) is 42.8 Å². The highest BCUT2D eigenvalue weighted by Gasteiger charge is 2.36.